The highest BCUT2D eigenvalue weighted by molar-refractivity contribution is 6.05. The molecule has 0 bridgehead atoms. The molecule has 0 aliphatic rings. The largest absolute Gasteiger partial charge is 0.325 e. The highest BCUT2D eigenvalue weighted by Gasteiger charge is 2.12. The van der Waals surface area contributed by atoms with Crippen molar-refractivity contribution in [2.45, 2.75) is 6.92 Å². The standard InChI is InChI=1S/C32H30N6O2/c1-21-13-16-25(33-29(39)20-38(2)3)19-28(21)35-31(40)23-14-17-24(18-15-23)34-32-36-27-12-8-7-11-26(27)30(37-32)22-9-5-4-6-10-22/h4-19H,20H2,1-3H3,(H,33,39)(H,35,40)(H,34,36,37). The summed E-state index contributed by atoms with van der Waals surface area (Å²) in [5.74, 6) is 0.0961. The number of nitrogens with one attached hydrogen (secondary N) is 3. The number of likely N-dealkylation sites (N-methyl/N-ethyl adjacent to an activating group) is 1. The van der Waals surface area contributed by atoms with Crippen LogP contribution >= 0.6 is 0 Å². The van der Waals surface area contributed by atoms with Gasteiger partial charge in [-0.15, -0.1) is 0 Å². The molecule has 0 fully saturated rings. The maximum atomic E-state index is 13.0. The predicted octanol–water partition coefficient (Wildman–Crippen LogP) is 6.10. The number of carbonyl (C=O) groups is 2. The van der Waals surface area contributed by atoms with E-state index in [0.29, 0.717) is 22.9 Å². The molecule has 0 spiro atoms. The first-order valence-corrected chi connectivity index (χ1v) is 12.9. The quantitative estimate of drug-likeness (QED) is 0.224. The second-order valence-electron chi connectivity index (χ2n) is 9.75. The number of fused-ring (bicyclic) bond motifs is 1. The number of anilines is 4. The van der Waals surface area contributed by atoms with Crippen LogP contribution in [0.3, 0.4) is 0 Å². The zero-order valence-electron chi connectivity index (χ0n) is 22.6. The van der Waals surface area contributed by atoms with Crippen molar-refractivity contribution in [2.24, 2.45) is 0 Å². The summed E-state index contributed by atoms with van der Waals surface area (Å²) < 4.78 is 0. The smallest absolute Gasteiger partial charge is 0.255 e. The van der Waals surface area contributed by atoms with Gasteiger partial charge in [-0.1, -0.05) is 54.6 Å². The molecule has 5 rings (SSSR count). The van der Waals surface area contributed by atoms with Crippen LogP contribution in [0.25, 0.3) is 22.2 Å². The van der Waals surface area contributed by atoms with E-state index in [1.165, 1.54) is 0 Å². The Balaban J connectivity index is 1.31. The van der Waals surface area contributed by atoms with E-state index < -0.39 is 0 Å². The molecule has 0 saturated carbocycles. The number of rotatable bonds is 8. The highest BCUT2D eigenvalue weighted by atomic mass is 16.2. The summed E-state index contributed by atoms with van der Waals surface area (Å²) in [6, 6.07) is 30.5. The summed E-state index contributed by atoms with van der Waals surface area (Å²) >= 11 is 0. The van der Waals surface area contributed by atoms with E-state index in [4.69, 9.17) is 9.97 Å². The molecule has 0 atom stereocenters. The lowest BCUT2D eigenvalue weighted by molar-refractivity contribution is -0.116. The molecule has 8 nitrogen and oxygen atoms in total. The van der Waals surface area contributed by atoms with Gasteiger partial charge in [0.1, 0.15) is 0 Å². The second-order valence-corrected chi connectivity index (χ2v) is 9.75. The van der Waals surface area contributed by atoms with Crippen LogP contribution in [0.5, 0.6) is 0 Å². The van der Waals surface area contributed by atoms with Crippen molar-refractivity contribution in [3.05, 3.63) is 108 Å². The number of amides is 2. The predicted molar refractivity (Wildman–Crippen MR) is 161 cm³/mol. The van der Waals surface area contributed by atoms with Gasteiger partial charge in [0.2, 0.25) is 11.9 Å². The van der Waals surface area contributed by atoms with E-state index in [1.54, 1.807) is 23.1 Å². The average Bonchev–Trinajstić information content (AvgIpc) is 2.95. The Morgan fingerprint density at radius 3 is 2.23 bits per heavy atom. The molecule has 1 aromatic heterocycles. The first-order chi connectivity index (χ1) is 19.4. The van der Waals surface area contributed by atoms with E-state index in [1.807, 2.05) is 99.9 Å². The van der Waals surface area contributed by atoms with Crippen LogP contribution in [-0.4, -0.2) is 47.3 Å². The van der Waals surface area contributed by atoms with Gasteiger partial charge in [-0.2, -0.15) is 0 Å². The maximum absolute atomic E-state index is 13.0. The van der Waals surface area contributed by atoms with Gasteiger partial charge in [0.05, 0.1) is 17.8 Å². The van der Waals surface area contributed by atoms with Crippen molar-refractivity contribution in [1.29, 1.82) is 0 Å². The number of nitrogens with zero attached hydrogens (tertiary/aromatic N) is 3. The van der Waals surface area contributed by atoms with Gasteiger partial charge in [0, 0.05) is 33.6 Å². The van der Waals surface area contributed by atoms with E-state index in [9.17, 15) is 9.59 Å². The van der Waals surface area contributed by atoms with E-state index >= 15 is 0 Å². The maximum Gasteiger partial charge on any atom is 0.255 e. The van der Waals surface area contributed by atoms with Gasteiger partial charge in [-0.3, -0.25) is 9.59 Å². The Bertz CT molecular complexity index is 1670. The topological polar surface area (TPSA) is 99.2 Å². The fraction of sp³-hybridized carbons (Fsp3) is 0.125. The van der Waals surface area contributed by atoms with Crippen LogP contribution in [-0.2, 0) is 4.79 Å². The molecule has 2 amide bonds. The lowest BCUT2D eigenvalue weighted by atomic mass is 10.1. The first kappa shape index (κ1) is 26.5. The van der Waals surface area contributed by atoms with Crippen LogP contribution in [0.4, 0.5) is 23.0 Å². The summed E-state index contributed by atoms with van der Waals surface area (Å²) in [7, 11) is 3.66. The molecular weight excluding hydrogens is 500 g/mol. The van der Waals surface area contributed by atoms with Gasteiger partial charge in [0.25, 0.3) is 5.91 Å². The van der Waals surface area contributed by atoms with Crippen LogP contribution in [0.2, 0.25) is 0 Å². The SMILES string of the molecule is Cc1ccc(NC(=O)CN(C)C)cc1NC(=O)c1ccc(Nc2nc(-c3ccccc3)c3ccccc3n2)cc1. The van der Waals surface area contributed by atoms with Crippen LogP contribution in [0.1, 0.15) is 15.9 Å². The normalized spacial score (nSPS) is 10.9. The molecule has 4 aromatic carbocycles. The van der Waals surface area contributed by atoms with Crippen molar-refractivity contribution in [1.82, 2.24) is 14.9 Å². The van der Waals surface area contributed by atoms with Crippen molar-refractivity contribution < 1.29 is 9.59 Å². The van der Waals surface area contributed by atoms with Gasteiger partial charge >= 0.3 is 0 Å². The average molecular weight is 531 g/mol. The molecule has 8 heteroatoms. The molecule has 200 valence electrons. The fourth-order valence-corrected chi connectivity index (χ4v) is 4.30. The molecule has 0 aliphatic heterocycles. The second kappa shape index (κ2) is 11.8. The number of benzene rings is 4. The first-order valence-electron chi connectivity index (χ1n) is 12.9. The summed E-state index contributed by atoms with van der Waals surface area (Å²) in [5.41, 5.74) is 6.09. The van der Waals surface area contributed by atoms with Gasteiger partial charge in [-0.05, 0) is 69.0 Å². The van der Waals surface area contributed by atoms with Gasteiger partial charge < -0.3 is 20.9 Å². The van der Waals surface area contributed by atoms with Crippen LogP contribution < -0.4 is 16.0 Å². The number of carbonyl (C=O) groups excluding carboxylic acids is 2. The van der Waals surface area contributed by atoms with Crippen molar-refractivity contribution in [2.75, 3.05) is 36.6 Å². The molecule has 40 heavy (non-hydrogen) atoms. The Labute approximate surface area is 233 Å². The molecule has 0 aliphatic carbocycles. The highest BCUT2D eigenvalue weighted by Crippen LogP contribution is 2.28. The summed E-state index contributed by atoms with van der Waals surface area (Å²) in [6.07, 6.45) is 0. The van der Waals surface area contributed by atoms with Gasteiger partial charge in [0.15, 0.2) is 0 Å². The monoisotopic (exact) mass is 530 g/mol. The Morgan fingerprint density at radius 2 is 1.48 bits per heavy atom. The number of para-hydroxylation sites is 1. The summed E-state index contributed by atoms with van der Waals surface area (Å²) in [4.78, 5) is 36.4. The van der Waals surface area contributed by atoms with E-state index in [0.717, 1.165) is 33.4 Å². The number of hydrogen-bond donors (Lipinski definition) is 3. The van der Waals surface area contributed by atoms with Crippen LogP contribution in [0.15, 0.2) is 97.1 Å². The zero-order valence-corrected chi connectivity index (χ0v) is 22.6. The lowest BCUT2D eigenvalue weighted by Gasteiger charge is -2.14. The lowest BCUT2D eigenvalue weighted by Crippen LogP contribution is -2.27. The van der Waals surface area contributed by atoms with E-state index in [-0.39, 0.29) is 18.4 Å². The third-order valence-electron chi connectivity index (χ3n) is 6.28. The Morgan fingerprint density at radius 1 is 0.775 bits per heavy atom. The van der Waals surface area contributed by atoms with E-state index in [2.05, 4.69) is 16.0 Å². The molecule has 1 heterocycles. The number of aromatic nitrogens is 2. The van der Waals surface area contributed by atoms with Crippen molar-refractivity contribution in [3.8, 4) is 11.3 Å². The zero-order chi connectivity index (χ0) is 28.1. The summed E-state index contributed by atoms with van der Waals surface area (Å²) in [6.45, 7) is 2.18. The molecule has 0 unspecified atom stereocenters. The minimum Gasteiger partial charge on any atom is -0.325 e. The Hall–Kier alpha value is -5.08. The Kier molecular flexibility index (Phi) is 7.80. The molecule has 5 aromatic rings. The number of aryl methyl sites for hydroxylation is 1. The minimum atomic E-state index is -0.250. The third kappa shape index (κ3) is 6.31. The molecule has 0 radical (unpaired) electrons. The summed E-state index contributed by atoms with van der Waals surface area (Å²) in [5, 5.41) is 10.1. The van der Waals surface area contributed by atoms with Gasteiger partial charge in [-0.25, -0.2) is 9.97 Å². The molecular formula is C32H30N6O2. The molecule has 0 saturated heterocycles. The fourth-order valence-electron chi connectivity index (χ4n) is 4.30. The molecule has 3 N–H and O–H groups in total. The van der Waals surface area contributed by atoms with Crippen molar-refractivity contribution >= 4 is 45.7 Å². The minimum absolute atomic E-state index is 0.125. The number of hydrogen-bond acceptors (Lipinski definition) is 6. The van der Waals surface area contributed by atoms with Crippen LogP contribution in [0, 0.1) is 6.92 Å². The third-order valence-corrected chi connectivity index (χ3v) is 6.28. The van der Waals surface area contributed by atoms with Crippen molar-refractivity contribution in [3.63, 3.8) is 0 Å².